The van der Waals surface area contributed by atoms with Crippen LogP contribution in [0, 0.1) is 0 Å². The first kappa shape index (κ1) is 13.9. The van der Waals surface area contributed by atoms with E-state index < -0.39 is 5.97 Å². The molecule has 0 atom stereocenters. The van der Waals surface area contributed by atoms with Crippen LogP contribution in [0.2, 0.25) is 0 Å². The zero-order valence-corrected chi connectivity index (χ0v) is 11.0. The molecular formula is C13H15N3O4. The summed E-state index contributed by atoms with van der Waals surface area (Å²) in [6, 6.07) is 6.19. The highest BCUT2D eigenvalue weighted by Gasteiger charge is 2.03. The Morgan fingerprint density at radius 3 is 2.60 bits per heavy atom. The van der Waals surface area contributed by atoms with Gasteiger partial charge in [0.15, 0.2) is 0 Å². The molecule has 0 aliphatic rings. The van der Waals surface area contributed by atoms with Crippen molar-refractivity contribution in [2.75, 3.05) is 6.61 Å². The number of aromatic carboxylic acids is 1. The van der Waals surface area contributed by atoms with Crippen molar-refractivity contribution in [1.82, 2.24) is 14.3 Å². The van der Waals surface area contributed by atoms with Crippen LogP contribution in [0.3, 0.4) is 0 Å². The van der Waals surface area contributed by atoms with Gasteiger partial charge in [-0.2, -0.15) is 5.10 Å². The topological polar surface area (TPSA) is 86.3 Å². The molecule has 20 heavy (non-hydrogen) atoms. The summed E-state index contributed by atoms with van der Waals surface area (Å²) in [5.74, 6) is -0.366. The second kappa shape index (κ2) is 6.05. The molecule has 1 N–H and O–H groups in total. The van der Waals surface area contributed by atoms with Crippen LogP contribution in [0.15, 0.2) is 35.4 Å². The lowest BCUT2D eigenvalue weighted by Gasteiger charge is -2.06. The number of carboxylic acids is 1. The average molecular weight is 277 g/mol. The summed E-state index contributed by atoms with van der Waals surface area (Å²) in [6.45, 7) is 0.905. The second-order valence-electron chi connectivity index (χ2n) is 4.28. The highest BCUT2D eigenvalue weighted by Crippen LogP contribution is 2.12. The molecule has 0 fully saturated rings. The maximum Gasteiger partial charge on any atom is 0.345 e. The molecule has 0 unspecified atom stereocenters. The van der Waals surface area contributed by atoms with Crippen LogP contribution in [0.4, 0.5) is 0 Å². The minimum atomic E-state index is -0.967. The van der Waals surface area contributed by atoms with Gasteiger partial charge in [-0.3, -0.25) is 4.57 Å². The van der Waals surface area contributed by atoms with Gasteiger partial charge in [0.05, 0.1) is 12.2 Å². The van der Waals surface area contributed by atoms with Gasteiger partial charge in [0.1, 0.15) is 12.1 Å². The van der Waals surface area contributed by atoms with Gasteiger partial charge in [0.25, 0.3) is 0 Å². The fraction of sp³-hybridized carbons (Fsp3) is 0.308. The first-order valence-electron chi connectivity index (χ1n) is 6.12. The summed E-state index contributed by atoms with van der Waals surface area (Å²) in [5, 5.41) is 12.7. The highest BCUT2D eigenvalue weighted by molar-refractivity contribution is 5.87. The molecule has 0 amide bonds. The maximum atomic E-state index is 11.5. The normalized spacial score (nSPS) is 10.4. The van der Waals surface area contributed by atoms with E-state index in [1.165, 1.54) is 27.7 Å². The van der Waals surface area contributed by atoms with Gasteiger partial charge in [0, 0.05) is 20.0 Å². The Morgan fingerprint density at radius 1 is 1.35 bits per heavy atom. The van der Waals surface area contributed by atoms with E-state index >= 15 is 0 Å². The van der Waals surface area contributed by atoms with Gasteiger partial charge in [0.2, 0.25) is 0 Å². The number of hydrogen-bond acceptors (Lipinski definition) is 4. The molecule has 0 radical (unpaired) electrons. The van der Waals surface area contributed by atoms with Crippen LogP contribution in [0.25, 0.3) is 0 Å². The van der Waals surface area contributed by atoms with Crippen molar-refractivity contribution in [3.63, 3.8) is 0 Å². The van der Waals surface area contributed by atoms with Gasteiger partial charge >= 0.3 is 11.7 Å². The van der Waals surface area contributed by atoms with E-state index in [-0.39, 0.29) is 11.3 Å². The van der Waals surface area contributed by atoms with Crippen LogP contribution in [0.1, 0.15) is 16.8 Å². The van der Waals surface area contributed by atoms with Gasteiger partial charge < -0.3 is 9.84 Å². The number of ether oxygens (including phenoxy) is 1. The fourth-order valence-corrected chi connectivity index (χ4v) is 1.67. The number of nitrogens with zero attached hydrogens (tertiary/aromatic N) is 3. The summed E-state index contributed by atoms with van der Waals surface area (Å²) < 4.78 is 8.25. The van der Waals surface area contributed by atoms with Crippen LogP contribution < -0.4 is 10.4 Å². The molecular weight excluding hydrogens is 262 g/mol. The number of aromatic nitrogens is 3. The molecule has 106 valence electrons. The van der Waals surface area contributed by atoms with Crippen LogP contribution in [-0.2, 0) is 13.6 Å². The monoisotopic (exact) mass is 277 g/mol. The third-order valence-corrected chi connectivity index (χ3v) is 2.77. The molecule has 1 aromatic heterocycles. The molecule has 2 aromatic rings. The van der Waals surface area contributed by atoms with Crippen molar-refractivity contribution in [2.24, 2.45) is 7.05 Å². The molecule has 0 aliphatic carbocycles. The molecule has 7 heteroatoms. The Bertz CT molecular complexity index is 642. The van der Waals surface area contributed by atoms with Crippen molar-refractivity contribution >= 4 is 5.97 Å². The SMILES string of the molecule is Cn1cnn(CCCOc2ccc(C(=O)O)cc2)c1=O. The Hall–Kier alpha value is -2.57. The van der Waals surface area contributed by atoms with Crippen molar-refractivity contribution in [2.45, 2.75) is 13.0 Å². The number of hydrogen-bond donors (Lipinski definition) is 1. The van der Waals surface area contributed by atoms with Crippen molar-refractivity contribution in [1.29, 1.82) is 0 Å². The number of carboxylic acid groups (broad SMARTS) is 1. The van der Waals surface area contributed by atoms with Gasteiger partial charge in [-0.25, -0.2) is 14.3 Å². The Balaban J connectivity index is 1.80. The first-order valence-corrected chi connectivity index (χ1v) is 6.12. The third-order valence-electron chi connectivity index (χ3n) is 2.77. The van der Waals surface area contributed by atoms with E-state index in [4.69, 9.17) is 9.84 Å². The second-order valence-corrected chi connectivity index (χ2v) is 4.28. The predicted molar refractivity (Wildman–Crippen MR) is 71.0 cm³/mol. The minimum Gasteiger partial charge on any atom is -0.494 e. The first-order chi connectivity index (χ1) is 9.58. The minimum absolute atomic E-state index is 0.157. The highest BCUT2D eigenvalue weighted by atomic mass is 16.5. The van der Waals surface area contributed by atoms with Gasteiger partial charge in [-0.1, -0.05) is 0 Å². The average Bonchev–Trinajstić information content (AvgIpc) is 2.76. The van der Waals surface area contributed by atoms with Crippen molar-refractivity contribution < 1.29 is 14.6 Å². The Morgan fingerprint density at radius 2 is 2.05 bits per heavy atom. The maximum absolute atomic E-state index is 11.5. The lowest BCUT2D eigenvalue weighted by molar-refractivity contribution is 0.0697. The predicted octanol–water partition coefficient (Wildman–Crippen LogP) is 0.749. The summed E-state index contributed by atoms with van der Waals surface area (Å²) in [4.78, 5) is 22.2. The largest absolute Gasteiger partial charge is 0.494 e. The van der Waals surface area contributed by atoms with E-state index in [9.17, 15) is 9.59 Å². The van der Waals surface area contributed by atoms with E-state index in [0.717, 1.165) is 0 Å². The van der Waals surface area contributed by atoms with E-state index in [0.29, 0.717) is 25.3 Å². The molecule has 1 heterocycles. The zero-order valence-electron chi connectivity index (χ0n) is 11.0. The molecule has 1 aromatic carbocycles. The summed E-state index contributed by atoms with van der Waals surface area (Å²) in [7, 11) is 1.65. The fourth-order valence-electron chi connectivity index (χ4n) is 1.67. The number of rotatable bonds is 6. The van der Waals surface area contributed by atoms with Gasteiger partial charge in [-0.05, 0) is 24.3 Å². The van der Waals surface area contributed by atoms with Crippen molar-refractivity contribution in [3.05, 3.63) is 46.6 Å². The number of aryl methyl sites for hydroxylation is 2. The molecule has 0 bridgehead atoms. The summed E-state index contributed by atoms with van der Waals surface area (Å²) in [6.07, 6.45) is 2.10. The van der Waals surface area contributed by atoms with E-state index in [2.05, 4.69) is 5.10 Å². The quantitative estimate of drug-likeness (QED) is 0.787. The van der Waals surface area contributed by atoms with E-state index in [1.807, 2.05) is 0 Å². The van der Waals surface area contributed by atoms with Gasteiger partial charge in [-0.15, -0.1) is 0 Å². The lowest BCUT2D eigenvalue weighted by Crippen LogP contribution is -2.23. The van der Waals surface area contributed by atoms with E-state index in [1.54, 1.807) is 19.2 Å². The Kier molecular flexibility index (Phi) is 4.19. The smallest absolute Gasteiger partial charge is 0.345 e. The molecule has 0 saturated heterocycles. The molecule has 0 aliphatic heterocycles. The molecule has 0 saturated carbocycles. The van der Waals surface area contributed by atoms with Crippen LogP contribution >= 0.6 is 0 Å². The summed E-state index contributed by atoms with van der Waals surface area (Å²) in [5.41, 5.74) is 0.0631. The van der Waals surface area contributed by atoms with Crippen LogP contribution in [-0.4, -0.2) is 32.0 Å². The Labute approximate surface area is 115 Å². The number of benzene rings is 1. The standard InChI is InChI=1S/C13H15N3O4/c1-15-9-14-16(13(15)19)7-2-8-20-11-5-3-10(4-6-11)12(17)18/h3-6,9H,2,7-8H2,1H3,(H,17,18). The molecule has 7 nitrogen and oxygen atoms in total. The van der Waals surface area contributed by atoms with Crippen LogP contribution in [0.5, 0.6) is 5.75 Å². The molecule has 2 rings (SSSR count). The lowest BCUT2D eigenvalue weighted by atomic mass is 10.2. The summed E-state index contributed by atoms with van der Waals surface area (Å²) >= 11 is 0. The zero-order chi connectivity index (χ0) is 14.5. The van der Waals surface area contributed by atoms with Crippen molar-refractivity contribution in [3.8, 4) is 5.75 Å². The number of carbonyl (C=O) groups is 1. The molecule has 0 spiro atoms. The third kappa shape index (κ3) is 3.25.